The summed E-state index contributed by atoms with van der Waals surface area (Å²) < 4.78 is 0. The fraction of sp³-hybridized carbons (Fsp3) is 0. The molecule has 22 heavy (non-hydrogen) atoms. The van der Waals surface area contributed by atoms with E-state index in [1.807, 2.05) is 0 Å². The predicted octanol–water partition coefficient (Wildman–Crippen LogP) is 4.03. The van der Waals surface area contributed by atoms with Gasteiger partial charge in [0.1, 0.15) is 5.69 Å². The minimum absolute atomic E-state index is 0.287. The molecule has 2 N–H and O–H groups in total. The molecule has 0 unspecified atom stereocenters. The number of H-pyrrole nitrogens is 1. The van der Waals surface area contributed by atoms with Crippen LogP contribution in [0.4, 0.5) is 5.69 Å². The second kappa shape index (κ2) is 6.17. The summed E-state index contributed by atoms with van der Waals surface area (Å²) in [5, 5.41) is 10.5. The van der Waals surface area contributed by atoms with E-state index >= 15 is 0 Å². The van der Waals surface area contributed by atoms with Crippen molar-refractivity contribution in [1.82, 2.24) is 15.2 Å². The average Bonchev–Trinajstić information content (AvgIpc) is 3.01. The molecule has 0 saturated heterocycles. The smallest absolute Gasteiger partial charge is 0.273 e. The monoisotopic (exact) mass is 332 g/mol. The summed E-state index contributed by atoms with van der Waals surface area (Å²) in [6.45, 7) is 0. The van der Waals surface area contributed by atoms with Gasteiger partial charge in [0.25, 0.3) is 5.91 Å². The van der Waals surface area contributed by atoms with E-state index in [-0.39, 0.29) is 5.91 Å². The van der Waals surface area contributed by atoms with Crippen molar-refractivity contribution in [1.29, 1.82) is 0 Å². The highest BCUT2D eigenvalue weighted by Gasteiger charge is 2.12. The van der Waals surface area contributed by atoms with Crippen molar-refractivity contribution in [2.45, 2.75) is 0 Å². The summed E-state index contributed by atoms with van der Waals surface area (Å²) >= 11 is 11.9. The third-order valence-electron chi connectivity index (χ3n) is 2.98. The Balaban J connectivity index is 1.81. The first kappa shape index (κ1) is 14.6. The number of amides is 1. The van der Waals surface area contributed by atoms with Gasteiger partial charge in [0, 0.05) is 23.6 Å². The lowest BCUT2D eigenvalue weighted by atomic mass is 10.1. The lowest BCUT2D eigenvalue weighted by molar-refractivity contribution is 0.102. The van der Waals surface area contributed by atoms with E-state index in [0.29, 0.717) is 27.1 Å². The molecule has 5 nitrogen and oxygen atoms in total. The topological polar surface area (TPSA) is 70.7 Å². The van der Waals surface area contributed by atoms with Crippen LogP contribution < -0.4 is 5.32 Å². The standard InChI is InChI=1S/C15H10Cl2N4O/c16-11-2-1-9(7-12(11)17)13-8-14(21-20-13)15(22)19-10-3-5-18-6-4-10/h1-8H,(H,20,21)(H,18,19,22). The van der Waals surface area contributed by atoms with Crippen LogP contribution in [-0.4, -0.2) is 21.1 Å². The van der Waals surface area contributed by atoms with Crippen molar-refractivity contribution in [2.24, 2.45) is 0 Å². The second-order valence-corrected chi connectivity index (χ2v) is 5.30. The minimum Gasteiger partial charge on any atom is -0.321 e. The van der Waals surface area contributed by atoms with E-state index in [0.717, 1.165) is 5.56 Å². The molecule has 2 aromatic heterocycles. The van der Waals surface area contributed by atoms with Crippen molar-refractivity contribution in [3.05, 3.63) is 64.5 Å². The molecule has 0 aliphatic heterocycles. The Bertz CT molecular complexity index is 817. The number of nitrogens with zero attached hydrogens (tertiary/aromatic N) is 2. The molecule has 1 amide bonds. The second-order valence-electron chi connectivity index (χ2n) is 4.49. The number of aromatic amines is 1. The predicted molar refractivity (Wildman–Crippen MR) is 86.2 cm³/mol. The zero-order valence-electron chi connectivity index (χ0n) is 11.2. The highest BCUT2D eigenvalue weighted by atomic mass is 35.5. The summed E-state index contributed by atoms with van der Waals surface area (Å²) in [7, 11) is 0. The number of carbonyl (C=O) groups excluding carboxylic acids is 1. The lowest BCUT2D eigenvalue weighted by Crippen LogP contribution is -2.12. The Morgan fingerprint density at radius 1 is 1.05 bits per heavy atom. The number of carbonyl (C=O) groups is 1. The van der Waals surface area contributed by atoms with Crippen molar-refractivity contribution in [3.63, 3.8) is 0 Å². The average molecular weight is 333 g/mol. The van der Waals surface area contributed by atoms with Crippen molar-refractivity contribution in [2.75, 3.05) is 5.32 Å². The van der Waals surface area contributed by atoms with Crippen molar-refractivity contribution >= 4 is 34.8 Å². The summed E-state index contributed by atoms with van der Waals surface area (Å²) in [4.78, 5) is 16.0. The van der Waals surface area contributed by atoms with Crippen molar-refractivity contribution < 1.29 is 4.79 Å². The highest BCUT2D eigenvalue weighted by molar-refractivity contribution is 6.42. The molecule has 0 atom stereocenters. The maximum atomic E-state index is 12.1. The molecule has 0 saturated carbocycles. The number of pyridine rings is 1. The van der Waals surface area contributed by atoms with Crippen LogP contribution in [0.3, 0.4) is 0 Å². The Morgan fingerprint density at radius 2 is 1.82 bits per heavy atom. The molecule has 2 heterocycles. The van der Waals surface area contributed by atoms with Gasteiger partial charge in [0.05, 0.1) is 15.7 Å². The zero-order valence-corrected chi connectivity index (χ0v) is 12.7. The van der Waals surface area contributed by atoms with E-state index < -0.39 is 0 Å². The number of hydrogen-bond acceptors (Lipinski definition) is 3. The molecule has 0 aliphatic carbocycles. The molecule has 3 rings (SSSR count). The van der Waals surface area contributed by atoms with Crippen LogP contribution in [0.1, 0.15) is 10.5 Å². The molecule has 7 heteroatoms. The van der Waals surface area contributed by atoms with Gasteiger partial charge in [-0.25, -0.2) is 0 Å². The van der Waals surface area contributed by atoms with Crippen LogP contribution in [0, 0.1) is 0 Å². The summed E-state index contributed by atoms with van der Waals surface area (Å²) in [6, 6.07) is 10.2. The molecule has 3 aromatic rings. The third-order valence-corrected chi connectivity index (χ3v) is 3.72. The van der Waals surface area contributed by atoms with Gasteiger partial charge in [-0.1, -0.05) is 29.3 Å². The van der Waals surface area contributed by atoms with Crippen LogP contribution >= 0.6 is 23.2 Å². The fourth-order valence-electron chi connectivity index (χ4n) is 1.88. The highest BCUT2D eigenvalue weighted by Crippen LogP contribution is 2.27. The van der Waals surface area contributed by atoms with Gasteiger partial charge >= 0.3 is 0 Å². The normalized spacial score (nSPS) is 10.5. The van der Waals surface area contributed by atoms with Gasteiger partial charge in [-0.3, -0.25) is 14.9 Å². The Hall–Kier alpha value is -2.37. The lowest BCUT2D eigenvalue weighted by Gasteiger charge is -2.01. The van der Waals surface area contributed by atoms with E-state index in [1.165, 1.54) is 0 Å². The fourth-order valence-corrected chi connectivity index (χ4v) is 2.17. The van der Waals surface area contributed by atoms with Gasteiger partial charge in [-0.05, 0) is 30.3 Å². The third kappa shape index (κ3) is 3.10. The van der Waals surface area contributed by atoms with Gasteiger partial charge < -0.3 is 5.32 Å². The summed E-state index contributed by atoms with van der Waals surface area (Å²) in [6.07, 6.45) is 3.20. The van der Waals surface area contributed by atoms with Crippen LogP contribution in [0.2, 0.25) is 10.0 Å². The molecule has 0 spiro atoms. The van der Waals surface area contributed by atoms with Crippen LogP contribution in [0.15, 0.2) is 48.8 Å². The Morgan fingerprint density at radius 3 is 2.55 bits per heavy atom. The van der Waals surface area contributed by atoms with Gasteiger partial charge in [-0.15, -0.1) is 0 Å². The van der Waals surface area contributed by atoms with E-state index in [4.69, 9.17) is 23.2 Å². The maximum Gasteiger partial charge on any atom is 0.273 e. The molecule has 0 radical (unpaired) electrons. The molecule has 1 aromatic carbocycles. The number of nitrogens with one attached hydrogen (secondary N) is 2. The number of hydrogen-bond donors (Lipinski definition) is 2. The van der Waals surface area contributed by atoms with Crippen LogP contribution in [-0.2, 0) is 0 Å². The van der Waals surface area contributed by atoms with Gasteiger partial charge in [-0.2, -0.15) is 5.10 Å². The summed E-state index contributed by atoms with van der Waals surface area (Å²) in [5.41, 5.74) is 2.38. The number of rotatable bonds is 3. The van der Waals surface area contributed by atoms with Crippen molar-refractivity contribution in [3.8, 4) is 11.3 Å². The zero-order chi connectivity index (χ0) is 15.5. The first-order valence-electron chi connectivity index (χ1n) is 6.36. The molecule has 0 bridgehead atoms. The van der Waals surface area contributed by atoms with Crippen LogP contribution in [0.25, 0.3) is 11.3 Å². The largest absolute Gasteiger partial charge is 0.321 e. The van der Waals surface area contributed by atoms with Gasteiger partial charge in [0.15, 0.2) is 0 Å². The first-order valence-corrected chi connectivity index (χ1v) is 7.11. The molecular weight excluding hydrogens is 323 g/mol. The maximum absolute atomic E-state index is 12.1. The number of benzene rings is 1. The first-order chi connectivity index (χ1) is 10.6. The SMILES string of the molecule is O=C(Nc1ccncc1)c1cc(-c2ccc(Cl)c(Cl)c2)n[nH]1. The molecule has 0 fully saturated rings. The summed E-state index contributed by atoms with van der Waals surface area (Å²) in [5.74, 6) is -0.287. The van der Waals surface area contributed by atoms with E-state index in [1.54, 1.807) is 48.8 Å². The number of aromatic nitrogens is 3. The van der Waals surface area contributed by atoms with Crippen LogP contribution in [0.5, 0.6) is 0 Å². The molecule has 0 aliphatic rings. The molecule has 110 valence electrons. The minimum atomic E-state index is -0.287. The Kier molecular flexibility index (Phi) is 4.09. The number of anilines is 1. The molecular formula is C15H10Cl2N4O. The number of halogens is 2. The quantitative estimate of drug-likeness (QED) is 0.760. The van der Waals surface area contributed by atoms with E-state index in [2.05, 4.69) is 20.5 Å². The Labute approximate surface area is 136 Å². The van der Waals surface area contributed by atoms with E-state index in [9.17, 15) is 4.79 Å². The van der Waals surface area contributed by atoms with Gasteiger partial charge in [0.2, 0.25) is 0 Å².